The van der Waals surface area contributed by atoms with E-state index >= 15 is 0 Å². The molecule has 0 N–H and O–H groups in total. The molecule has 2 unspecified atom stereocenters. The van der Waals surface area contributed by atoms with Gasteiger partial charge in [-0.2, -0.15) is 5.26 Å². The van der Waals surface area contributed by atoms with Crippen LogP contribution in [0.2, 0.25) is 0 Å². The van der Waals surface area contributed by atoms with Crippen LogP contribution >= 0.6 is 15.9 Å². The van der Waals surface area contributed by atoms with Crippen LogP contribution in [0, 0.1) is 17.2 Å². The Morgan fingerprint density at radius 1 is 1.40 bits per heavy atom. The van der Waals surface area contributed by atoms with Gasteiger partial charge in [-0.15, -0.1) is 0 Å². The zero-order valence-corrected chi connectivity index (χ0v) is 9.90. The summed E-state index contributed by atoms with van der Waals surface area (Å²) in [6.07, 6.45) is 1.85. The summed E-state index contributed by atoms with van der Waals surface area (Å²) in [5.41, 5.74) is 1.09. The van der Waals surface area contributed by atoms with E-state index in [0.717, 1.165) is 29.5 Å². The van der Waals surface area contributed by atoms with Crippen molar-refractivity contribution in [2.75, 3.05) is 6.61 Å². The van der Waals surface area contributed by atoms with Crippen LogP contribution in [-0.4, -0.2) is 6.61 Å². The number of benzene rings is 1. The Morgan fingerprint density at radius 2 is 2.20 bits per heavy atom. The first-order valence-electron chi connectivity index (χ1n) is 5.08. The minimum atomic E-state index is -0.0701. The van der Waals surface area contributed by atoms with Crippen molar-refractivity contribution in [1.29, 1.82) is 5.26 Å². The molecule has 1 aliphatic rings. The highest BCUT2D eigenvalue weighted by atomic mass is 79.9. The number of hydrogen-bond donors (Lipinski definition) is 0. The summed E-state index contributed by atoms with van der Waals surface area (Å²) in [6, 6.07) is 10.3. The second kappa shape index (κ2) is 4.78. The van der Waals surface area contributed by atoms with E-state index in [-0.39, 0.29) is 12.0 Å². The summed E-state index contributed by atoms with van der Waals surface area (Å²) < 4.78 is 6.72. The topological polar surface area (TPSA) is 33.0 Å². The highest BCUT2D eigenvalue weighted by molar-refractivity contribution is 9.10. The molecule has 0 aliphatic carbocycles. The molecule has 0 saturated carbocycles. The lowest BCUT2D eigenvalue weighted by Gasteiger charge is -2.28. The highest BCUT2D eigenvalue weighted by Crippen LogP contribution is 2.36. The Bertz CT molecular complexity index is 385. The monoisotopic (exact) mass is 265 g/mol. The Balaban J connectivity index is 2.29. The van der Waals surface area contributed by atoms with E-state index < -0.39 is 0 Å². The van der Waals surface area contributed by atoms with Crippen LogP contribution in [0.3, 0.4) is 0 Å². The summed E-state index contributed by atoms with van der Waals surface area (Å²) in [4.78, 5) is 0. The predicted octanol–water partition coefficient (Wildman–Crippen LogP) is 3.44. The van der Waals surface area contributed by atoms with Crippen molar-refractivity contribution in [1.82, 2.24) is 0 Å². The molecule has 15 heavy (non-hydrogen) atoms. The van der Waals surface area contributed by atoms with Gasteiger partial charge in [-0.05, 0) is 24.5 Å². The molecule has 0 bridgehead atoms. The summed E-state index contributed by atoms with van der Waals surface area (Å²) in [5, 5.41) is 9.07. The molecule has 0 aromatic heterocycles. The lowest BCUT2D eigenvalue weighted by molar-refractivity contribution is -0.0106. The first-order chi connectivity index (χ1) is 7.33. The van der Waals surface area contributed by atoms with Gasteiger partial charge in [-0.3, -0.25) is 0 Å². The van der Waals surface area contributed by atoms with E-state index in [4.69, 9.17) is 10.00 Å². The summed E-state index contributed by atoms with van der Waals surface area (Å²) >= 11 is 3.50. The van der Waals surface area contributed by atoms with Gasteiger partial charge in [-0.1, -0.05) is 34.1 Å². The van der Waals surface area contributed by atoms with Crippen LogP contribution in [0.15, 0.2) is 28.7 Å². The fourth-order valence-electron chi connectivity index (χ4n) is 1.93. The molecular formula is C12H12BrNO. The SMILES string of the molecule is N#CC1CCCOC1c1ccccc1Br. The van der Waals surface area contributed by atoms with Crippen molar-refractivity contribution < 1.29 is 4.74 Å². The quantitative estimate of drug-likeness (QED) is 0.780. The number of rotatable bonds is 1. The molecule has 0 amide bonds. The molecule has 1 aliphatic heterocycles. The lowest BCUT2D eigenvalue weighted by Crippen LogP contribution is -2.21. The summed E-state index contributed by atoms with van der Waals surface area (Å²) in [5.74, 6) is -0.0163. The zero-order valence-electron chi connectivity index (χ0n) is 8.32. The van der Waals surface area contributed by atoms with Crippen molar-refractivity contribution in [2.24, 2.45) is 5.92 Å². The standard InChI is InChI=1S/C12H12BrNO/c13-11-6-2-1-5-10(11)12-9(8-14)4-3-7-15-12/h1-2,5-6,9,12H,3-4,7H2. The first-order valence-corrected chi connectivity index (χ1v) is 5.88. The Hall–Kier alpha value is -0.850. The van der Waals surface area contributed by atoms with E-state index in [9.17, 15) is 0 Å². The van der Waals surface area contributed by atoms with E-state index in [1.165, 1.54) is 0 Å². The van der Waals surface area contributed by atoms with Crippen molar-refractivity contribution >= 4 is 15.9 Å². The minimum absolute atomic E-state index is 0.0163. The molecule has 1 aromatic carbocycles. The maximum Gasteiger partial charge on any atom is 0.0993 e. The molecule has 1 saturated heterocycles. The van der Waals surface area contributed by atoms with Crippen molar-refractivity contribution in [2.45, 2.75) is 18.9 Å². The molecule has 0 radical (unpaired) electrons. The maximum atomic E-state index is 9.07. The second-order valence-electron chi connectivity index (χ2n) is 3.69. The van der Waals surface area contributed by atoms with Crippen LogP contribution < -0.4 is 0 Å². The third-order valence-corrected chi connectivity index (χ3v) is 3.42. The lowest BCUT2D eigenvalue weighted by atomic mass is 9.91. The molecule has 2 nitrogen and oxygen atoms in total. The second-order valence-corrected chi connectivity index (χ2v) is 4.55. The van der Waals surface area contributed by atoms with Gasteiger partial charge in [0.25, 0.3) is 0 Å². The van der Waals surface area contributed by atoms with Crippen LogP contribution in [0.5, 0.6) is 0 Å². The molecule has 1 fully saturated rings. The molecule has 2 rings (SSSR count). The van der Waals surface area contributed by atoms with Gasteiger partial charge < -0.3 is 4.74 Å². The fourth-order valence-corrected chi connectivity index (χ4v) is 2.44. The molecule has 1 aromatic rings. The van der Waals surface area contributed by atoms with Crippen molar-refractivity contribution in [3.8, 4) is 6.07 Å². The molecule has 2 atom stereocenters. The molecule has 3 heteroatoms. The predicted molar refractivity (Wildman–Crippen MR) is 61.2 cm³/mol. The number of hydrogen-bond acceptors (Lipinski definition) is 2. The van der Waals surface area contributed by atoms with Gasteiger partial charge in [0, 0.05) is 11.1 Å². The molecule has 78 valence electrons. The number of nitrogens with zero attached hydrogens (tertiary/aromatic N) is 1. The third kappa shape index (κ3) is 2.22. The summed E-state index contributed by atoms with van der Waals surface area (Å²) in [7, 11) is 0. The highest BCUT2D eigenvalue weighted by Gasteiger charge is 2.28. The number of halogens is 1. The largest absolute Gasteiger partial charge is 0.372 e. The zero-order chi connectivity index (χ0) is 10.7. The Kier molecular flexibility index (Phi) is 3.40. The normalized spacial score (nSPS) is 25.9. The maximum absolute atomic E-state index is 9.07. The average molecular weight is 266 g/mol. The summed E-state index contributed by atoms with van der Waals surface area (Å²) in [6.45, 7) is 0.754. The molecule has 0 spiro atoms. The number of nitriles is 1. The van der Waals surface area contributed by atoms with E-state index in [1.54, 1.807) is 0 Å². The smallest absolute Gasteiger partial charge is 0.0993 e. The van der Waals surface area contributed by atoms with Gasteiger partial charge in [0.15, 0.2) is 0 Å². The van der Waals surface area contributed by atoms with Crippen LogP contribution in [0.25, 0.3) is 0 Å². The third-order valence-electron chi connectivity index (χ3n) is 2.70. The minimum Gasteiger partial charge on any atom is -0.372 e. The van der Waals surface area contributed by atoms with E-state index in [0.29, 0.717) is 0 Å². The van der Waals surface area contributed by atoms with E-state index in [1.807, 2.05) is 24.3 Å². The van der Waals surface area contributed by atoms with Gasteiger partial charge in [0.2, 0.25) is 0 Å². The average Bonchev–Trinajstić information content (AvgIpc) is 2.30. The van der Waals surface area contributed by atoms with Crippen LogP contribution in [-0.2, 0) is 4.74 Å². The van der Waals surface area contributed by atoms with Crippen LogP contribution in [0.4, 0.5) is 0 Å². The van der Waals surface area contributed by atoms with Gasteiger partial charge >= 0.3 is 0 Å². The van der Waals surface area contributed by atoms with Crippen molar-refractivity contribution in [3.63, 3.8) is 0 Å². The van der Waals surface area contributed by atoms with Crippen LogP contribution in [0.1, 0.15) is 24.5 Å². The molecular weight excluding hydrogens is 254 g/mol. The van der Waals surface area contributed by atoms with E-state index in [2.05, 4.69) is 22.0 Å². The van der Waals surface area contributed by atoms with Gasteiger partial charge in [0.05, 0.1) is 18.1 Å². The van der Waals surface area contributed by atoms with Crippen molar-refractivity contribution in [3.05, 3.63) is 34.3 Å². The first kappa shape index (κ1) is 10.7. The fraction of sp³-hybridized carbons (Fsp3) is 0.417. The Labute approximate surface area is 98.0 Å². The van der Waals surface area contributed by atoms with Gasteiger partial charge in [-0.25, -0.2) is 0 Å². The molecule has 1 heterocycles. The number of ether oxygens (including phenoxy) is 1. The van der Waals surface area contributed by atoms with Gasteiger partial charge in [0.1, 0.15) is 0 Å². The Morgan fingerprint density at radius 3 is 2.93 bits per heavy atom.